The molecule has 0 radical (unpaired) electrons. The van der Waals surface area contributed by atoms with Crippen LogP contribution in [0.25, 0.3) is 17.2 Å². The van der Waals surface area contributed by atoms with E-state index in [0.717, 1.165) is 17.5 Å². The molecule has 0 saturated carbocycles. The van der Waals surface area contributed by atoms with Crippen molar-refractivity contribution in [1.82, 2.24) is 0 Å². The first-order valence-electron chi connectivity index (χ1n) is 5.83. The summed E-state index contributed by atoms with van der Waals surface area (Å²) in [6.45, 7) is 2.15. The van der Waals surface area contributed by atoms with Crippen LogP contribution < -0.4 is 0 Å². The summed E-state index contributed by atoms with van der Waals surface area (Å²) in [5, 5.41) is 9.94. The van der Waals surface area contributed by atoms with Crippen molar-refractivity contribution < 1.29 is 5.11 Å². The van der Waals surface area contributed by atoms with Gasteiger partial charge in [0.2, 0.25) is 0 Å². The van der Waals surface area contributed by atoms with Crippen LogP contribution in [0.2, 0.25) is 0 Å². The highest BCUT2D eigenvalue weighted by molar-refractivity contribution is 5.83. The summed E-state index contributed by atoms with van der Waals surface area (Å²) in [4.78, 5) is 0. The van der Waals surface area contributed by atoms with Crippen molar-refractivity contribution in [1.29, 1.82) is 0 Å². The molecule has 1 aliphatic rings. The molecule has 1 aliphatic carbocycles. The van der Waals surface area contributed by atoms with E-state index in [1.54, 1.807) is 6.07 Å². The van der Waals surface area contributed by atoms with Crippen molar-refractivity contribution in [3.63, 3.8) is 0 Å². The second-order valence-electron chi connectivity index (χ2n) is 4.56. The lowest BCUT2D eigenvalue weighted by Gasteiger charge is -2.09. The molecule has 0 saturated heterocycles. The number of hydrogen-bond acceptors (Lipinski definition) is 1. The van der Waals surface area contributed by atoms with Crippen molar-refractivity contribution in [3.05, 3.63) is 59.2 Å². The number of phenols is 1. The summed E-state index contributed by atoms with van der Waals surface area (Å²) in [5.41, 5.74) is 6.02. The Balaban J connectivity index is 2.24. The highest BCUT2D eigenvalue weighted by Gasteiger charge is 2.15. The minimum atomic E-state index is 0.346. The first kappa shape index (κ1) is 10.2. The number of hydrogen-bond donors (Lipinski definition) is 1. The van der Waals surface area contributed by atoms with Crippen molar-refractivity contribution in [2.24, 2.45) is 0 Å². The van der Waals surface area contributed by atoms with Gasteiger partial charge in [-0.1, -0.05) is 48.0 Å². The molecule has 0 unspecified atom stereocenters. The van der Waals surface area contributed by atoms with Gasteiger partial charge in [0, 0.05) is 5.56 Å². The minimum absolute atomic E-state index is 0.346. The number of rotatable bonds is 1. The lowest BCUT2D eigenvalue weighted by molar-refractivity contribution is 0.477. The lowest BCUT2D eigenvalue weighted by Crippen LogP contribution is -1.87. The summed E-state index contributed by atoms with van der Waals surface area (Å²) in [5.74, 6) is 0.346. The van der Waals surface area contributed by atoms with Gasteiger partial charge in [-0.2, -0.15) is 0 Å². The first-order valence-corrected chi connectivity index (χ1v) is 5.83. The van der Waals surface area contributed by atoms with Gasteiger partial charge >= 0.3 is 0 Å². The number of phenolic OH excluding ortho intramolecular Hbond substituents is 1. The average molecular weight is 222 g/mol. The van der Waals surface area contributed by atoms with Gasteiger partial charge in [-0.3, -0.25) is 0 Å². The standard InChI is InChI=1S/C16H14O/c1-11-9-12-5-4-7-13(15(12)10-11)14-6-2-3-8-16(14)17/h2-8,10,17H,9H2,1H3. The fourth-order valence-corrected chi connectivity index (χ4v) is 2.47. The largest absolute Gasteiger partial charge is 0.507 e. The van der Waals surface area contributed by atoms with Crippen LogP contribution in [-0.4, -0.2) is 5.11 Å². The third-order valence-corrected chi connectivity index (χ3v) is 3.25. The average Bonchev–Trinajstić information content (AvgIpc) is 2.70. The Morgan fingerprint density at radius 1 is 0.941 bits per heavy atom. The van der Waals surface area contributed by atoms with E-state index in [2.05, 4.69) is 31.2 Å². The maximum absolute atomic E-state index is 9.94. The topological polar surface area (TPSA) is 20.2 Å². The van der Waals surface area contributed by atoms with Crippen molar-refractivity contribution in [2.75, 3.05) is 0 Å². The van der Waals surface area contributed by atoms with E-state index >= 15 is 0 Å². The van der Waals surface area contributed by atoms with Crippen LogP contribution in [0, 0.1) is 0 Å². The van der Waals surface area contributed by atoms with E-state index in [0.29, 0.717) is 5.75 Å². The summed E-state index contributed by atoms with van der Waals surface area (Å²) >= 11 is 0. The number of aromatic hydroxyl groups is 1. The number of fused-ring (bicyclic) bond motifs is 1. The van der Waals surface area contributed by atoms with Gasteiger partial charge in [0.05, 0.1) is 0 Å². The van der Waals surface area contributed by atoms with Crippen LogP contribution in [0.15, 0.2) is 48.0 Å². The molecule has 2 aromatic carbocycles. The molecule has 1 heteroatoms. The Kier molecular flexibility index (Phi) is 2.25. The molecule has 0 atom stereocenters. The van der Waals surface area contributed by atoms with E-state index in [9.17, 15) is 5.11 Å². The zero-order valence-corrected chi connectivity index (χ0v) is 9.77. The summed E-state index contributed by atoms with van der Waals surface area (Å²) in [6.07, 6.45) is 3.24. The van der Waals surface area contributed by atoms with Crippen molar-refractivity contribution >= 4 is 6.08 Å². The van der Waals surface area contributed by atoms with E-state index < -0.39 is 0 Å². The van der Waals surface area contributed by atoms with E-state index in [1.807, 2.05) is 18.2 Å². The van der Waals surface area contributed by atoms with Crippen LogP contribution in [-0.2, 0) is 6.42 Å². The number of para-hydroxylation sites is 1. The molecule has 0 spiro atoms. The second kappa shape index (κ2) is 3.77. The molecule has 17 heavy (non-hydrogen) atoms. The molecule has 0 amide bonds. The predicted octanol–water partition coefficient (Wildman–Crippen LogP) is 4.02. The Morgan fingerprint density at radius 2 is 1.71 bits per heavy atom. The second-order valence-corrected chi connectivity index (χ2v) is 4.56. The van der Waals surface area contributed by atoms with Gasteiger partial charge in [-0.15, -0.1) is 0 Å². The van der Waals surface area contributed by atoms with Gasteiger partial charge < -0.3 is 5.11 Å². The number of allylic oxidation sites excluding steroid dienone is 1. The Bertz CT molecular complexity index is 609. The van der Waals surface area contributed by atoms with E-state index in [-0.39, 0.29) is 0 Å². The molecule has 0 heterocycles. The molecular formula is C16H14O. The van der Waals surface area contributed by atoms with Crippen LogP contribution in [0.5, 0.6) is 5.75 Å². The third kappa shape index (κ3) is 1.64. The molecular weight excluding hydrogens is 208 g/mol. The fraction of sp³-hybridized carbons (Fsp3) is 0.125. The molecule has 3 rings (SSSR count). The van der Waals surface area contributed by atoms with Gasteiger partial charge in [0.1, 0.15) is 5.75 Å². The predicted molar refractivity (Wildman–Crippen MR) is 70.9 cm³/mol. The molecule has 0 fully saturated rings. The SMILES string of the molecule is CC1=Cc2c(cccc2-c2ccccc2O)C1. The lowest BCUT2D eigenvalue weighted by atomic mass is 9.96. The van der Waals surface area contributed by atoms with Crippen molar-refractivity contribution in [3.8, 4) is 16.9 Å². The zero-order chi connectivity index (χ0) is 11.8. The Morgan fingerprint density at radius 3 is 2.53 bits per heavy atom. The minimum Gasteiger partial charge on any atom is -0.507 e. The zero-order valence-electron chi connectivity index (χ0n) is 9.77. The van der Waals surface area contributed by atoms with E-state index in [1.165, 1.54) is 16.7 Å². The highest BCUT2D eigenvalue weighted by Crippen LogP contribution is 2.37. The molecule has 2 aromatic rings. The molecule has 84 valence electrons. The van der Waals surface area contributed by atoms with Crippen molar-refractivity contribution in [2.45, 2.75) is 13.3 Å². The highest BCUT2D eigenvalue weighted by atomic mass is 16.3. The maximum atomic E-state index is 9.94. The Labute approximate surface area is 101 Å². The van der Waals surface area contributed by atoms with Crippen LogP contribution >= 0.6 is 0 Å². The molecule has 0 aliphatic heterocycles. The Hall–Kier alpha value is -2.02. The molecule has 1 N–H and O–H groups in total. The third-order valence-electron chi connectivity index (χ3n) is 3.25. The summed E-state index contributed by atoms with van der Waals surface area (Å²) in [6, 6.07) is 13.8. The van der Waals surface area contributed by atoms with Gasteiger partial charge in [-0.05, 0) is 36.1 Å². The smallest absolute Gasteiger partial charge is 0.123 e. The maximum Gasteiger partial charge on any atom is 0.123 e. The van der Waals surface area contributed by atoms with Crippen LogP contribution in [0.4, 0.5) is 0 Å². The van der Waals surface area contributed by atoms with Gasteiger partial charge in [-0.25, -0.2) is 0 Å². The fourth-order valence-electron chi connectivity index (χ4n) is 2.47. The summed E-state index contributed by atoms with van der Waals surface area (Å²) < 4.78 is 0. The normalized spacial score (nSPS) is 13.4. The summed E-state index contributed by atoms with van der Waals surface area (Å²) in [7, 11) is 0. The van der Waals surface area contributed by atoms with Crippen LogP contribution in [0.3, 0.4) is 0 Å². The van der Waals surface area contributed by atoms with Gasteiger partial charge in [0.15, 0.2) is 0 Å². The van der Waals surface area contributed by atoms with Crippen LogP contribution in [0.1, 0.15) is 18.1 Å². The van der Waals surface area contributed by atoms with E-state index in [4.69, 9.17) is 0 Å². The monoisotopic (exact) mass is 222 g/mol. The molecule has 0 aromatic heterocycles. The van der Waals surface area contributed by atoms with Gasteiger partial charge in [0.25, 0.3) is 0 Å². The first-order chi connectivity index (χ1) is 8.25. The number of benzene rings is 2. The molecule has 0 bridgehead atoms. The quantitative estimate of drug-likeness (QED) is 0.772. The molecule has 1 nitrogen and oxygen atoms in total.